The Bertz CT molecular complexity index is 832. The van der Waals surface area contributed by atoms with Crippen molar-refractivity contribution in [2.24, 2.45) is 5.92 Å². The molecule has 8 heteroatoms. The lowest BCUT2D eigenvalue weighted by molar-refractivity contribution is -0.134. The first-order chi connectivity index (χ1) is 13.0. The second-order valence-electron chi connectivity index (χ2n) is 6.56. The molecule has 1 aromatic heterocycles. The lowest BCUT2D eigenvalue weighted by Crippen LogP contribution is -2.42. The van der Waals surface area contributed by atoms with Gasteiger partial charge >= 0.3 is 0 Å². The van der Waals surface area contributed by atoms with Crippen molar-refractivity contribution < 1.29 is 14.4 Å². The quantitative estimate of drug-likeness (QED) is 0.659. The Kier molecular flexibility index (Phi) is 6.18. The lowest BCUT2D eigenvalue weighted by Gasteiger charge is -2.20. The van der Waals surface area contributed by atoms with Crippen LogP contribution in [0.25, 0.3) is 0 Å². The molecule has 1 saturated heterocycles. The van der Waals surface area contributed by atoms with Crippen molar-refractivity contribution in [1.82, 2.24) is 15.6 Å². The number of piperidine rings is 1. The Hall–Kier alpha value is -2.74. The summed E-state index contributed by atoms with van der Waals surface area (Å²) in [5.41, 5.74) is 2.79. The molecule has 3 amide bonds. The van der Waals surface area contributed by atoms with E-state index in [1.54, 1.807) is 5.38 Å². The first kappa shape index (κ1) is 19.0. The number of hydrogen-bond acceptors (Lipinski definition) is 5. The largest absolute Gasteiger partial charge is 0.355 e. The second kappa shape index (κ2) is 8.77. The number of rotatable bonds is 6. The Morgan fingerprint density at radius 1 is 1.30 bits per heavy atom. The van der Waals surface area contributed by atoms with E-state index in [1.165, 1.54) is 16.9 Å². The molecule has 2 heterocycles. The SMILES string of the molecule is Cc1ccc(CNC(=O)Cc2csc(NC(=O)C3CCCNC3=O)n2)cc1. The number of thiazole rings is 1. The predicted octanol–water partition coefficient (Wildman–Crippen LogP) is 1.78. The topological polar surface area (TPSA) is 100 Å². The number of carbonyl (C=O) groups is 3. The third kappa shape index (κ3) is 5.37. The number of aromatic nitrogens is 1. The van der Waals surface area contributed by atoms with Crippen LogP contribution >= 0.6 is 11.3 Å². The van der Waals surface area contributed by atoms with Crippen LogP contribution in [0.2, 0.25) is 0 Å². The van der Waals surface area contributed by atoms with Gasteiger partial charge in [-0.3, -0.25) is 14.4 Å². The van der Waals surface area contributed by atoms with E-state index in [4.69, 9.17) is 0 Å². The van der Waals surface area contributed by atoms with Gasteiger partial charge in [0, 0.05) is 18.5 Å². The molecule has 1 atom stereocenters. The minimum atomic E-state index is -0.677. The molecule has 7 nitrogen and oxygen atoms in total. The van der Waals surface area contributed by atoms with Crippen LogP contribution in [0.15, 0.2) is 29.6 Å². The van der Waals surface area contributed by atoms with Crippen molar-refractivity contribution in [3.05, 3.63) is 46.5 Å². The molecule has 0 aliphatic carbocycles. The molecule has 1 aliphatic heterocycles. The first-order valence-electron chi connectivity index (χ1n) is 8.86. The second-order valence-corrected chi connectivity index (χ2v) is 7.42. The van der Waals surface area contributed by atoms with Gasteiger partial charge in [-0.1, -0.05) is 29.8 Å². The van der Waals surface area contributed by atoms with E-state index in [0.717, 1.165) is 12.0 Å². The molecule has 27 heavy (non-hydrogen) atoms. The zero-order valence-corrected chi connectivity index (χ0v) is 15.9. The van der Waals surface area contributed by atoms with Crippen LogP contribution in [0.1, 0.15) is 29.7 Å². The van der Waals surface area contributed by atoms with Crippen LogP contribution in [0.3, 0.4) is 0 Å². The summed E-state index contributed by atoms with van der Waals surface area (Å²) in [7, 11) is 0. The molecule has 2 aromatic rings. The van der Waals surface area contributed by atoms with Crippen molar-refractivity contribution in [2.45, 2.75) is 32.7 Å². The highest BCUT2D eigenvalue weighted by Gasteiger charge is 2.29. The Morgan fingerprint density at radius 2 is 2.07 bits per heavy atom. The van der Waals surface area contributed by atoms with E-state index in [1.807, 2.05) is 31.2 Å². The van der Waals surface area contributed by atoms with E-state index in [9.17, 15) is 14.4 Å². The number of hydrogen-bond donors (Lipinski definition) is 3. The Labute approximate surface area is 161 Å². The molecule has 0 radical (unpaired) electrons. The van der Waals surface area contributed by atoms with Gasteiger partial charge in [-0.25, -0.2) is 4.98 Å². The summed E-state index contributed by atoms with van der Waals surface area (Å²) in [5, 5.41) is 10.4. The minimum absolute atomic E-state index is 0.134. The monoisotopic (exact) mass is 386 g/mol. The lowest BCUT2D eigenvalue weighted by atomic mass is 9.98. The van der Waals surface area contributed by atoms with Crippen LogP contribution in [-0.4, -0.2) is 29.3 Å². The van der Waals surface area contributed by atoms with Gasteiger partial charge in [0.25, 0.3) is 0 Å². The summed E-state index contributed by atoms with van der Waals surface area (Å²) < 4.78 is 0. The van der Waals surface area contributed by atoms with Crippen molar-refractivity contribution in [1.29, 1.82) is 0 Å². The fourth-order valence-corrected chi connectivity index (χ4v) is 3.51. The van der Waals surface area contributed by atoms with Gasteiger partial charge in [-0.05, 0) is 25.3 Å². The van der Waals surface area contributed by atoms with Gasteiger partial charge in [0.1, 0.15) is 5.92 Å². The molecule has 3 N–H and O–H groups in total. The highest BCUT2D eigenvalue weighted by Crippen LogP contribution is 2.19. The molecular weight excluding hydrogens is 364 g/mol. The van der Waals surface area contributed by atoms with E-state index < -0.39 is 5.92 Å². The third-order valence-electron chi connectivity index (χ3n) is 4.34. The fraction of sp³-hybridized carbons (Fsp3) is 0.368. The van der Waals surface area contributed by atoms with Crippen molar-refractivity contribution >= 4 is 34.2 Å². The van der Waals surface area contributed by atoms with Crippen LogP contribution in [0.5, 0.6) is 0 Å². The molecule has 1 aromatic carbocycles. The highest BCUT2D eigenvalue weighted by atomic mass is 32.1. The van der Waals surface area contributed by atoms with E-state index >= 15 is 0 Å². The standard InChI is InChI=1S/C19H22N4O3S/c1-12-4-6-13(7-5-12)10-21-16(24)9-14-11-27-19(22-14)23-18(26)15-3-2-8-20-17(15)25/h4-7,11,15H,2-3,8-10H2,1H3,(H,20,25)(H,21,24)(H,22,23,26). The van der Waals surface area contributed by atoms with Crippen LogP contribution < -0.4 is 16.0 Å². The number of carbonyl (C=O) groups excluding carboxylic acids is 3. The maximum Gasteiger partial charge on any atom is 0.238 e. The summed E-state index contributed by atoms with van der Waals surface area (Å²) in [6, 6.07) is 7.97. The van der Waals surface area contributed by atoms with Crippen molar-refractivity contribution in [3.8, 4) is 0 Å². The molecule has 0 spiro atoms. The van der Waals surface area contributed by atoms with E-state index in [2.05, 4.69) is 20.9 Å². The summed E-state index contributed by atoms with van der Waals surface area (Å²) in [4.78, 5) is 40.3. The number of amides is 3. The molecular formula is C19H22N4O3S. The Morgan fingerprint density at radius 3 is 2.81 bits per heavy atom. The molecule has 142 valence electrons. The Balaban J connectivity index is 1.48. The summed E-state index contributed by atoms with van der Waals surface area (Å²) >= 11 is 1.25. The van der Waals surface area contributed by atoms with Crippen molar-refractivity contribution in [2.75, 3.05) is 11.9 Å². The minimum Gasteiger partial charge on any atom is -0.355 e. The molecule has 1 unspecified atom stereocenters. The van der Waals surface area contributed by atoms with Gasteiger partial charge in [0.05, 0.1) is 12.1 Å². The van der Waals surface area contributed by atoms with Gasteiger partial charge in [0.2, 0.25) is 17.7 Å². The summed E-state index contributed by atoms with van der Waals surface area (Å²) in [6.07, 6.45) is 1.47. The van der Waals surface area contributed by atoms with Crippen molar-refractivity contribution in [3.63, 3.8) is 0 Å². The molecule has 1 fully saturated rings. The molecule has 0 bridgehead atoms. The van der Waals surface area contributed by atoms with Crippen LogP contribution in [0, 0.1) is 12.8 Å². The smallest absolute Gasteiger partial charge is 0.238 e. The number of aryl methyl sites for hydroxylation is 1. The zero-order chi connectivity index (χ0) is 19.2. The predicted molar refractivity (Wildman–Crippen MR) is 103 cm³/mol. The van der Waals surface area contributed by atoms with Gasteiger partial charge in [-0.15, -0.1) is 11.3 Å². The highest BCUT2D eigenvalue weighted by molar-refractivity contribution is 7.13. The van der Waals surface area contributed by atoms with Gasteiger partial charge in [0.15, 0.2) is 5.13 Å². The van der Waals surface area contributed by atoms with E-state index in [-0.39, 0.29) is 24.1 Å². The van der Waals surface area contributed by atoms with Gasteiger partial charge in [-0.2, -0.15) is 0 Å². The molecule has 3 rings (SSSR count). The van der Waals surface area contributed by atoms with E-state index in [0.29, 0.717) is 30.3 Å². The fourth-order valence-electron chi connectivity index (χ4n) is 2.79. The molecule has 0 saturated carbocycles. The number of anilines is 1. The number of nitrogens with zero attached hydrogens (tertiary/aromatic N) is 1. The number of benzene rings is 1. The third-order valence-corrected chi connectivity index (χ3v) is 5.14. The maximum atomic E-state index is 12.2. The first-order valence-corrected chi connectivity index (χ1v) is 9.74. The molecule has 1 aliphatic rings. The normalized spacial score (nSPS) is 16.5. The maximum absolute atomic E-state index is 12.2. The summed E-state index contributed by atoms with van der Waals surface area (Å²) in [6.45, 7) is 3.09. The summed E-state index contributed by atoms with van der Waals surface area (Å²) in [5.74, 6) is -1.41. The van der Waals surface area contributed by atoms with Gasteiger partial charge < -0.3 is 16.0 Å². The van der Waals surface area contributed by atoms with Crippen LogP contribution in [-0.2, 0) is 27.3 Å². The average Bonchev–Trinajstić information content (AvgIpc) is 3.08. The zero-order valence-electron chi connectivity index (χ0n) is 15.1. The average molecular weight is 386 g/mol. The number of nitrogens with one attached hydrogen (secondary N) is 3. The van der Waals surface area contributed by atoms with Crippen LogP contribution in [0.4, 0.5) is 5.13 Å².